The highest BCUT2D eigenvalue weighted by atomic mass is 31.2. The number of rotatable bonds is 10. The molecule has 2 atom stereocenters. The molecule has 1 saturated heterocycles. The fraction of sp³-hybridized carbons (Fsp3) is 0.462. The maximum Gasteiger partial charge on any atom is 0.341 e. The zero-order chi connectivity index (χ0) is 25.4. The highest BCUT2D eigenvalue weighted by Gasteiger charge is 2.48. The van der Waals surface area contributed by atoms with Crippen LogP contribution in [0.3, 0.4) is 0 Å². The molecule has 8 nitrogen and oxygen atoms in total. The van der Waals surface area contributed by atoms with Gasteiger partial charge in [-0.3, -0.25) is 14.2 Å². The highest BCUT2D eigenvalue weighted by Crippen LogP contribution is 2.64. The van der Waals surface area contributed by atoms with E-state index in [2.05, 4.69) is 5.32 Å². The van der Waals surface area contributed by atoms with Gasteiger partial charge in [0, 0.05) is 18.7 Å². The van der Waals surface area contributed by atoms with E-state index >= 15 is 0 Å². The van der Waals surface area contributed by atoms with Gasteiger partial charge in [0.15, 0.2) is 0 Å². The molecule has 1 fully saturated rings. The molecule has 2 aromatic rings. The van der Waals surface area contributed by atoms with Gasteiger partial charge in [0.1, 0.15) is 11.7 Å². The molecule has 0 aliphatic carbocycles. The van der Waals surface area contributed by atoms with Crippen molar-refractivity contribution in [3.8, 4) is 0 Å². The average molecular weight is 503 g/mol. The summed E-state index contributed by atoms with van der Waals surface area (Å²) in [5.41, 5.74) is -0.0860. The Kier molecular flexibility index (Phi) is 9.63. The fourth-order valence-electron chi connectivity index (χ4n) is 4.02. The van der Waals surface area contributed by atoms with Crippen molar-refractivity contribution in [3.63, 3.8) is 0 Å². The quantitative estimate of drug-likeness (QED) is 0.483. The Hall–Kier alpha value is -2.51. The van der Waals surface area contributed by atoms with Crippen LogP contribution < -0.4 is 5.32 Å². The monoisotopic (exact) mass is 502 g/mol. The first kappa shape index (κ1) is 27.1. The lowest BCUT2D eigenvalue weighted by atomic mass is 10.0. The molecule has 0 radical (unpaired) electrons. The van der Waals surface area contributed by atoms with Crippen LogP contribution in [0.4, 0.5) is 0 Å². The number of benzene rings is 2. The number of nitrogens with zero attached hydrogens (tertiary/aromatic N) is 1. The summed E-state index contributed by atoms with van der Waals surface area (Å²) < 4.78 is 31.8. The second-order valence-corrected chi connectivity index (χ2v) is 11.0. The Morgan fingerprint density at radius 3 is 1.91 bits per heavy atom. The minimum atomic E-state index is -3.97. The molecule has 0 unspecified atom stereocenters. The van der Waals surface area contributed by atoms with Gasteiger partial charge < -0.3 is 24.0 Å². The number of carbonyl (C=O) groups excluding carboxylic acids is 2. The third kappa shape index (κ3) is 7.24. The van der Waals surface area contributed by atoms with E-state index in [0.717, 1.165) is 0 Å². The molecule has 1 aliphatic rings. The number of nitrogens with one attached hydrogen (secondary N) is 1. The molecule has 9 heteroatoms. The van der Waals surface area contributed by atoms with Crippen LogP contribution in [0.1, 0.15) is 49.3 Å². The molecular weight excluding hydrogens is 467 g/mol. The SMILES string of the molecule is CC(C)OP(=O)(OC(C)C)[C@@H](c1ccccc1)[C@H](NC(=O)c1ccccc1)C(=O)N1CCOCC1. The Morgan fingerprint density at radius 2 is 1.40 bits per heavy atom. The van der Waals surface area contributed by atoms with E-state index < -0.39 is 37.4 Å². The Balaban J connectivity index is 2.12. The summed E-state index contributed by atoms with van der Waals surface area (Å²) in [6.45, 7) is 8.59. The highest BCUT2D eigenvalue weighted by molar-refractivity contribution is 7.54. The maximum absolute atomic E-state index is 14.5. The summed E-state index contributed by atoms with van der Waals surface area (Å²) in [4.78, 5) is 28.8. The van der Waals surface area contributed by atoms with Gasteiger partial charge in [0.2, 0.25) is 5.91 Å². The third-order valence-corrected chi connectivity index (χ3v) is 8.13. The van der Waals surface area contributed by atoms with Crippen LogP contribution in [-0.4, -0.2) is 61.3 Å². The van der Waals surface area contributed by atoms with Crippen molar-refractivity contribution in [3.05, 3.63) is 71.8 Å². The molecule has 0 spiro atoms. The fourth-order valence-corrected chi connectivity index (χ4v) is 6.61. The topological polar surface area (TPSA) is 94.2 Å². The van der Waals surface area contributed by atoms with Gasteiger partial charge in [-0.05, 0) is 45.4 Å². The first-order valence-corrected chi connectivity index (χ1v) is 13.6. The van der Waals surface area contributed by atoms with E-state index in [4.69, 9.17) is 13.8 Å². The maximum atomic E-state index is 14.5. The molecule has 0 saturated carbocycles. The first-order valence-electron chi connectivity index (χ1n) is 11.9. The average Bonchev–Trinajstić information content (AvgIpc) is 2.83. The molecule has 1 N–H and O–H groups in total. The molecule has 3 rings (SSSR count). The van der Waals surface area contributed by atoms with E-state index in [0.29, 0.717) is 37.4 Å². The molecule has 1 heterocycles. The van der Waals surface area contributed by atoms with E-state index in [1.165, 1.54) is 0 Å². The van der Waals surface area contributed by atoms with Crippen LogP contribution in [0.2, 0.25) is 0 Å². The lowest BCUT2D eigenvalue weighted by molar-refractivity contribution is -0.137. The number of hydrogen-bond acceptors (Lipinski definition) is 6. The number of carbonyl (C=O) groups is 2. The van der Waals surface area contributed by atoms with Gasteiger partial charge in [-0.25, -0.2) is 0 Å². The number of hydrogen-bond donors (Lipinski definition) is 1. The van der Waals surface area contributed by atoms with Crippen molar-refractivity contribution < 1.29 is 27.9 Å². The third-order valence-electron chi connectivity index (χ3n) is 5.42. The van der Waals surface area contributed by atoms with Crippen LogP contribution in [0, 0.1) is 0 Å². The van der Waals surface area contributed by atoms with Crippen LogP contribution in [0.5, 0.6) is 0 Å². The summed E-state index contributed by atoms with van der Waals surface area (Å²) in [6.07, 6.45) is -0.871. The van der Waals surface area contributed by atoms with Gasteiger partial charge in [0.05, 0.1) is 25.4 Å². The predicted molar refractivity (Wildman–Crippen MR) is 134 cm³/mol. The lowest BCUT2D eigenvalue weighted by Gasteiger charge is -2.37. The largest absolute Gasteiger partial charge is 0.378 e. The molecule has 2 aromatic carbocycles. The van der Waals surface area contributed by atoms with Crippen molar-refractivity contribution in [2.24, 2.45) is 0 Å². The van der Waals surface area contributed by atoms with Gasteiger partial charge in [0.25, 0.3) is 5.91 Å². The second-order valence-electron chi connectivity index (χ2n) is 8.96. The lowest BCUT2D eigenvalue weighted by Crippen LogP contribution is -2.54. The molecule has 0 bridgehead atoms. The first-order chi connectivity index (χ1) is 16.7. The smallest absolute Gasteiger partial charge is 0.341 e. The van der Waals surface area contributed by atoms with E-state index in [9.17, 15) is 14.2 Å². The Bertz CT molecular complexity index is 995. The van der Waals surface area contributed by atoms with Crippen molar-refractivity contribution in [1.82, 2.24) is 10.2 Å². The van der Waals surface area contributed by atoms with Crippen molar-refractivity contribution in [1.29, 1.82) is 0 Å². The van der Waals surface area contributed by atoms with Crippen molar-refractivity contribution >= 4 is 19.4 Å². The van der Waals surface area contributed by atoms with Gasteiger partial charge in [-0.15, -0.1) is 0 Å². The Labute approximate surface area is 207 Å². The van der Waals surface area contributed by atoms with Crippen LogP contribution in [0.25, 0.3) is 0 Å². The van der Waals surface area contributed by atoms with Gasteiger partial charge >= 0.3 is 7.60 Å². The summed E-state index contributed by atoms with van der Waals surface area (Å²) in [7, 11) is -3.97. The molecule has 190 valence electrons. The normalized spacial score (nSPS) is 16.2. The minimum absolute atomic E-state index is 0.355. The number of morpholine rings is 1. The minimum Gasteiger partial charge on any atom is -0.378 e. The summed E-state index contributed by atoms with van der Waals surface area (Å²) >= 11 is 0. The van der Waals surface area contributed by atoms with E-state index in [-0.39, 0.29) is 5.91 Å². The van der Waals surface area contributed by atoms with Gasteiger partial charge in [-0.2, -0.15) is 0 Å². The van der Waals surface area contributed by atoms with Crippen LogP contribution in [0.15, 0.2) is 60.7 Å². The van der Waals surface area contributed by atoms with Crippen molar-refractivity contribution in [2.75, 3.05) is 26.3 Å². The van der Waals surface area contributed by atoms with E-state index in [1.807, 2.05) is 6.07 Å². The van der Waals surface area contributed by atoms with Crippen molar-refractivity contribution in [2.45, 2.75) is 51.6 Å². The van der Waals surface area contributed by atoms with Crippen LogP contribution in [-0.2, 0) is 23.1 Å². The summed E-state index contributed by atoms with van der Waals surface area (Å²) in [5, 5.41) is 2.88. The Morgan fingerprint density at radius 1 is 0.886 bits per heavy atom. The molecular formula is C26H35N2O6P. The zero-order valence-corrected chi connectivity index (χ0v) is 21.6. The molecule has 0 aromatic heterocycles. The van der Waals surface area contributed by atoms with Gasteiger partial charge in [-0.1, -0.05) is 48.5 Å². The molecule has 35 heavy (non-hydrogen) atoms. The molecule has 2 amide bonds. The number of amides is 2. The predicted octanol–water partition coefficient (Wildman–Crippen LogP) is 4.43. The number of ether oxygens (including phenoxy) is 1. The standard InChI is InChI=1S/C26H35N2O6P/c1-19(2)33-35(31,34-20(3)4)24(21-11-7-5-8-12-21)23(26(30)28-15-17-32-18-16-28)27-25(29)22-13-9-6-10-14-22/h5-14,19-20,23-24H,15-18H2,1-4H3,(H,27,29)/t23-,24-/m0/s1. The molecule has 1 aliphatic heterocycles. The summed E-state index contributed by atoms with van der Waals surface area (Å²) in [5.74, 6) is -0.801. The van der Waals surface area contributed by atoms with E-state index in [1.54, 1.807) is 87.2 Å². The second kappa shape index (κ2) is 12.5. The van der Waals surface area contributed by atoms with Crippen LogP contribution >= 0.6 is 7.60 Å². The summed E-state index contributed by atoms with van der Waals surface area (Å²) in [6, 6.07) is 16.4. The zero-order valence-electron chi connectivity index (χ0n) is 20.8.